The van der Waals surface area contributed by atoms with Gasteiger partial charge in [-0.1, -0.05) is 29.8 Å². The van der Waals surface area contributed by atoms with Crippen molar-refractivity contribution >= 4 is 45.5 Å². The number of thiazole rings is 1. The molecule has 0 aliphatic rings. The number of benzene rings is 2. The highest BCUT2D eigenvalue weighted by Crippen LogP contribution is 2.29. The summed E-state index contributed by atoms with van der Waals surface area (Å²) in [6, 6.07) is 14.0. The van der Waals surface area contributed by atoms with Crippen molar-refractivity contribution in [1.82, 2.24) is 4.98 Å². The van der Waals surface area contributed by atoms with Gasteiger partial charge in [0.05, 0.1) is 11.4 Å². The van der Waals surface area contributed by atoms with E-state index >= 15 is 0 Å². The highest BCUT2D eigenvalue weighted by Gasteiger charge is 2.10. The van der Waals surface area contributed by atoms with Gasteiger partial charge in [0.2, 0.25) is 0 Å². The molecule has 0 saturated carbocycles. The zero-order valence-electron chi connectivity index (χ0n) is 11.9. The molecule has 0 radical (unpaired) electrons. The first-order valence-electron chi connectivity index (χ1n) is 6.76. The molecule has 5 nitrogen and oxygen atoms in total. The van der Waals surface area contributed by atoms with Gasteiger partial charge in [-0.05, 0) is 30.3 Å². The summed E-state index contributed by atoms with van der Waals surface area (Å²) in [7, 11) is 0. The lowest BCUT2D eigenvalue weighted by molar-refractivity contribution is 0.262. The van der Waals surface area contributed by atoms with Crippen LogP contribution >= 0.6 is 22.9 Å². The first kappa shape index (κ1) is 15.3. The molecule has 0 aliphatic heterocycles. The van der Waals surface area contributed by atoms with E-state index in [1.165, 1.54) is 11.3 Å². The van der Waals surface area contributed by atoms with Crippen molar-refractivity contribution < 1.29 is 4.79 Å². The van der Waals surface area contributed by atoms with E-state index in [0.717, 1.165) is 11.3 Å². The third-order valence-corrected chi connectivity index (χ3v) is 4.00. The van der Waals surface area contributed by atoms with Gasteiger partial charge in [-0.25, -0.2) is 9.78 Å². The zero-order chi connectivity index (χ0) is 16.2. The van der Waals surface area contributed by atoms with E-state index in [1.54, 1.807) is 24.3 Å². The summed E-state index contributed by atoms with van der Waals surface area (Å²) in [4.78, 5) is 16.4. The number of nitrogens with one attached hydrogen (secondary N) is 2. The third-order valence-electron chi connectivity index (χ3n) is 3.08. The normalized spacial score (nSPS) is 10.3. The third kappa shape index (κ3) is 3.80. The van der Waals surface area contributed by atoms with Gasteiger partial charge >= 0.3 is 6.03 Å². The molecule has 0 aliphatic carbocycles. The molecule has 1 aromatic heterocycles. The highest BCUT2D eigenvalue weighted by atomic mass is 35.5. The minimum atomic E-state index is -0.344. The molecule has 3 aromatic rings. The molecule has 7 heteroatoms. The van der Waals surface area contributed by atoms with Crippen LogP contribution in [0.4, 0.5) is 21.3 Å². The number of aromatic nitrogens is 1. The first-order chi connectivity index (χ1) is 11.1. The number of nitrogens with zero attached hydrogens (tertiary/aromatic N) is 1. The summed E-state index contributed by atoms with van der Waals surface area (Å²) in [6.07, 6.45) is 0. The smallest absolute Gasteiger partial charge is 0.323 e. The second-order valence-corrected chi connectivity index (χ2v) is 6.03. The van der Waals surface area contributed by atoms with Crippen LogP contribution in [0.15, 0.2) is 53.9 Å². The van der Waals surface area contributed by atoms with Gasteiger partial charge in [0.15, 0.2) is 5.13 Å². The van der Waals surface area contributed by atoms with E-state index < -0.39 is 0 Å². The van der Waals surface area contributed by atoms with Gasteiger partial charge in [0.25, 0.3) is 0 Å². The zero-order valence-corrected chi connectivity index (χ0v) is 13.5. The Labute approximate surface area is 142 Å². The maximum absolute atomic E-state index is 12.2. The van der Waals surface area contributed by atoms with Gasteiger partial charge < -0.3 is 16.4 Å². The minimum absolute atomic E-state index is 0.344. The molecule has 3 rings (SSSR count). The largest absolute Gasteiger partial charge is 0.375 e. The van der Waals surface area contributed by atoms with Crippen LogP contribution in [0.1, 0.15) is 0 Å². The van der Waals surface area contributed by atoms with Gasteiger partial charge in [0.1, 0.15) is 0 Å². The van der Waals surface area contributed by atoms with Crippen molar-refractivity contribution in [2.24, 2.45) is 0 Å². The highest BCUT2D eigenvalue weighted by molar-refractivity contribution is 7.13. The quantitative estimate of drug-likeness (QED) is 0.644. The van der Waals surface area contributed by atoms with Crippen molar-refractivity contribution in [2.75, 3.05) is 16.4 Å². The van der Waals surface area contributed by atoms with E-state index in [0.29, 0.717) is 21.5 Å². The van der Waals surface area contributed by atoms with E-state index in [1.807, 2.05) is 29.6 Å². The fourth-order valence-corrected chi connectivity index (χ4v) is 2.73. The second-order valence-electron chi connectivity index (χ2n) is 4.70. The summed E-state index contributed by atoms with van der Waals surface area (Å²) in [6.45, 7) is 0. The lowest BCUT2D eigenvalue weighted by Gasteiger charge is -2.11. The maximum Gasteiger partial charge on any atom is 0.323 e. The Morgan fingerprint density at radius 1 is 1.09 bits per heavy atom. The second kappa shape index (κ2) is 6.68. The standard InChI is InChI=1S/C16H13ClN4OS/c17-10-5-7-11(8-6-10)19-16(22)21-13-4-2-1-3-12(13)14-9-23-15(18)20-14/h1-9H,(H2,18,20)(H2,19,21,22). The van der Waals surface area contributed by atoms with Crippen molar-refractivity contribution in [3.05, 3.63) is 58.9 Å². The van der Waals surface area contributed by atoms with Crippen LogP contribution in [0.5, 0.6) is 0 Å². The molecule has 0 bridgehead atoms. The number of carbonyl (C=O) groups is 1. The van der Waals surface area contributed by atoms with Crippen molar-refractivity contribution in [3.63, 3.8) is 0 Å². The lowest BCUT2D eigenvalue weighted by atomic mass is 10.1. The minimum Gasteiger partial charge on any atom is -0.375 e. The van der Waals surface area contributed by atoms with Gasteiger partial charge in [-0.15, -0.1) is 11.3 Å². The number of carbonyl (C=O) groups excluding carboxylic acids is 1. The Bertz CT molecular complexity index is 832. The van der Waals surface area contributed by atoms with Crippen LogP contribution in [0, 0.1) is 0 Å². The topological polar surface area (TPSA) is 80.0 Å². The Kier molecular flexibility index (Phi) is 4.45. The Morgan fingerprint density at radius 3 is 2.52 bits per heavy atom. The molecule has 2 aromatic carbocycles. The predicted molar refractivity (Wildman–Crippen MR) is 96.1 cm³/mol. The van der Waals surface area contributed by atoms with Crippen LogP contribution in [-0.2, 0) is 0 Å². The number of anilines is 3. The number of para-hydroxylation sites is 1. The SMILES string of the molecule is Nc1nc(-c2ccccc2NC(=O)Nc2ccc(Cl)cc2)cs1. The molecule has 23 heavy (non-hydrogen) atoms. The Balaban J connectivity index is 1.77. The van der Waals surface area contributed by atoms with Crippen LogP contribution < -0.4 is 16.4 Å². The van der Waals surface area contributed by atoms with Crippen LogP contribution in [0.25, 0.3) is 11.3 Å². The van der Waals surface area contributed by atoms with Gasteiger partial charge in [0, 0.05) is 21.7 Å². The summed E-state index contributed by atoms with van der Waals surface area (Å²) >= 11 is 7.18. The average molecular weight is 345 g/mol. The lowest BCUT2D eigenvalue weighted by Crippen LogP contribution is -2.19. The van der Waals surface area contributed by atoms with Crippen molar-refractivity contribution in [2.45, 2.75) is 0 Å². The van der Waals surface area contributed by atoms with E-state index in [9.17, 15) is 4.79 Å². The van der Waals surface area contributed by atoms with Crippen molar-refractivity contribution in [1.29, 1.82) is 0 Å². The number of hydrogen-bond acceptors (Lipinski definition) is 4. The van der Waals surface area contributed by atoms with Crippen LogP contribution in [0.3, 0.4) is 0 Å². The molecule has 0 fully saturated rings. The first-order valence-corrected chi connectivity index (χ1v) is 8.01. The molecule has 116 valence electrons. The number of halogens is 1. The fourth-order valence-electron chi connectivity index (χ4n) is 2.04. The summed E-state index contributed by atoms with van der Waals surface area (Å²) in [5.41, 5.74) is 8.53. The van der Waals surface area contributed by atoms with Gasteiger partial charge in [-0.2, -0.15) is 0 Å². The average Bonchev–Trinajstić information content (AvgIpc) is 2.96. The Morgan fingerprint density at radius 2 is 1.83 bits per heavy atom. The number of hydrogen-bond donors (Lipinski definition) is 3. The number of urea groups is 1. The van der Waals surface area contributed by atoms with Crippen molar-refractivity contribution in [3.8, 4) is 11.3 Å². The van der Waals surface area contributed by atoms with E-state index in [4.69, 9.17) is 17.3 Å². The fraction of sp³-hybridized carbons (Fsp3) is 0. The summed E-state index contributed by atoms with van der Waals surface area (Å²) in [5.74, 6) is 0. The summed E-state index contributed by atoms with van der Waals surface area (Å²) < 4.78 is 0. The molecule has 0 atom stereocenters. The Hall–Kier alpha value is -2.57. The molecular weight excluding hydrogens is 332 g/mol. The molecular formula is C16H13ClN4OS. The molecule has 2 amide bonds. The van der Waals surface area contributed by atoms with Crippen LogP contribution in [0.2, 0.25) is 5.02 Å². The van der Waals surface area contributed by atoms with E-state index in [2.05, 4.69) is 15.6 Å². The number of amides is 2. The summed E-state index contributed by atoms with van der Waals surface area (Å²) in [5, 5.41) is 8.53. The van der Waals surface area contributed by atoms with Gasteiger partial charge in [-0.3, -0.25) is 0 Å². The monoisotopic (exact) mass is 344 g/mol. The molecule has 0 saturated heterocycles. The molecule has 1 heterocycles. The molecule has 0 unspecified atom stereocenters. The van der Waals surface area contributed by atoms with E-state index in [-0.39, 0.29) is 6.03 Å². The predicted octanol–water partition coefficient (Wildman–Crippen LogP) is 4.69. The number of nitrogens with two attached hydrogens (primary N) is 1. The maximum atomic E-state index is 12.2. The van der Waals surface area contributed by atoms with Crippen LogP contribution in [-0.4, -0.2) is 11.0 Å². The molecule has 4 N–H and O–H groups in total. The number of nitrogen functional groups attached to an aromatic ring is 1. The number of rotatable bonds is 3. The molecule has 0 spiro atoms.